The molecule has 0 aromatic carbocycles. The highest BCUT2D eigenvalue weighted by molar-refractivity contribution is 5.97. The van der Waals surface area contributed by atoms with Crippen LogP contribution in [-0.4, -0.2) is 39.7 Å². The first-order chi connectivity index (χ1) is 10.1. The van der Waals surface area contributed by atoms with Gasteiger partial charge in [-0.3, -0.25) is 14.3 Å². The molecule has 1 atom stereocenters. The lowest BCUT2D eigenvalue weighted by Crippen LogP contribution is -2.39. The Morgan fingerprint density at radius 2 is 2.19 bits per heavy atom. The summed E-state index contributed by atoms with van der Waals surface area (Å²) < 4.78 is 6.88. The van der Waals surface area contributed by atoms with Gasteiger partial charge in [0.25, 0.3) is 0 Å². The predicted octanol–water partition coefficient (Wildman–Crippen LogP) is 1.28. The molecule has 1 unspecified atom stereocenters. The van der Waals surface area contributed by atoms with E-state index in [1.807, 2.05) is 24.9 Å². The number of ether oxygens (including phenoxy) is 1. The summed E-state index contributed by atoms with van der Waals surface area (Å²) >= 11 is 0. The van der Waals surface area contributed by atoms with E-state index in [0.717, 1.165) is 18.4 Å². The number of carbonyl (C=O) groups is 2. The Morgan fingerprint density at radius 1 is 1.43 bits per heavy atom. The molecule has 0 saturated carbocycles. The van der Waals surface area contributed by atoms with Crippen LogP contribution in [0.2, 0.25) is 0 Å². The van der Waals surface area contributed by atoms with E-state index < -0.39 is 11.9 Å². The van der Waals surface area contributed by atoms with E-state index >= 15 is 0 Å². The first-order valence-electron chi connectivity index (χ1n) is 7.53. The van der Waals surface area contributed by atoms with Gasteiger partial charge >= 0.3 is 5.97 Å². The van der Waals surface area contributed by atoms with Gasteiger partial charge < -0.3 is 9.64 Å². The summed E-state index contributed by atoms with van der Waals surface area (Å²) in [6, 6.07) is 0. The number of aryl methyl sites for hydroxylation is 1. The second kappa shape index (κ2) is 6.74. The molecule has 1 aliphatic heterocycles. The second-order valence-corrected chi connectivity index (χ2v) is 5.32. The number of aromatic nitrogens is 2. The predicted molar refractivity (Wildman–Crippen MR) is 77.4 cm³/mol. The Balaban J connectivity index is 2.13. The van der Waals surface area contributed by atoms with E-state index in [1.165, 1.54) is 5.69 Å². The lowest BCUT2D eigenvalue weighted by molar-refractivity contribution is -0.156. The molecule has 2 rings (SSSR count). The maximum absolute atomic E-state index is 12.6. The smallest absolute Gasteiger partial charge is 0.318 e. The molecule has 1 amide bonds. The molecule has 0 saturated heterocycles. The van der Waals surface area contributed by atoms with Crippen molar-refractivity contribution in [1.29, 1.82) is 0 Å². The Hall–Kier alpha value is -1.85. The Labute approximate surface area is 125 Å². The fourth-order valence-electron chi connectivity index (χ4n) is 2.78. The molecular formula is C15H23N3O3. The summed E-state index contributed by atoms with van der Waals surface area (Å²) in [7, 11) is 1.92. The van der Waals surface area contributed by atoms with Gasteiger partial charge in [0.15, 0.2) is 0 Å². The van der Waals surface area contributed by atoms with Crippen molar-refractivity contribution in [2.24, 2.45) is 13.0 Å². The zero-order chi connectivity index (χ0) is 15.4. The summed E-state index contributed by atoms with van der Waals surface area (Å²) in [6.45, 7) is 5.09. The summed E-state index contributed by atoms with van der Waals surface area (Å²) in [5.41, 5.74) is 2.25. The zero-order valence-electron chi connectivity index (χ0n) is 13.0. The van der Waals surface area contributed by atoms with Crippen LogP contribution in [0, 0.1) is 5.92 Å². The average Bonchev–Trinajstić information content (AvgIpc) is 2.69. The number of nitrogens with zero attached hydrogens (tertiary/aromatic N) is 3. The van der Waals surface area contributed by atoms with Crippen molar-refractivity contribution in [3.05, 3.63) is 17.5 Å². The minimum atomic E-state index is -0.692. The number of amides is 1. The summed E-state index contributed by atoms with van der Waals surface area (Å²) in [5, 5.41) is 4.25. The zero-order valence-corrected chi connectivity index (χ0v) is 13.0. The van der Waals surface area contributed by atoms with Crippen LogP contribution in [0.1, 0.15) is 37.9 Å². The molecule has 0 spiro atoms. The Bertz CT molecular complexity index is 524. The molecule has 0 N–H and O–H groups in total. The van der Waals surface area contributed by atoms with Crippen molar-refractivity contribution in [1.82, 2.24) is 14.7 Å². The van der Waals surface area contributed by atoms with Crippen LogP contribution in [0.4, 0.5) is 0 Å². The average molecular weight is 293 g/mol. The van der Waals surface area contributed by atoms with Crippen molar-refractivity contribution in [2.75, 3.05) is 13.2 Å². The quantitative estimate of drug-likeness (QED) is 0.620. The second-order valence-electron chi connectivity index (χ2n) is 5.32. The third kappa shape index (κ3) is 3.25. The third-order valence-corrected chi connectivity index (χ3v) is 3.94. The maximum atomic E-state index is 12.6. The fourth-order valence-corrected chi connectivity index (χ4v) is 2.78. The minimum Gasteiger partial charge on any atom is -0.465 e. The molecule has 1 aromatic rings. The SMILES string of the molecule is CCOC(=O)C(CC)C(=O)N1CCCc2c(cnn2C)C1. The van der Waals surface area contributed by atoms with Gasteiger partial charge in [-0.25, -0.2) is 0 Å². The molecule has 6 heteroatoms. The molecule has 2 heterocycles. The van der Waals surface area contributed by atoms with Crippen LogP contribution in [0.25, 0.3) is 0 Å². The van der Waals surface area contributed by atoms with Crippen molar-refractivity contribution in [2.45, 2.75) is 39.7 Å². The molecule has 21 heavy (non-hydrogen) atoms. The molecule has 0 fully saturated rings. The van der Waals surface area contributed by atoms with E-state index in [9.17, 15) is 9.59 Å². The molecule has 1 aliphatic rings. The van der Waals surface area contributed by atoms with Crippen molar-refractivity contribution < 1.29 is 14.3 Å². The van der Waals surface area contributed by atoms with E-state index in [1.54, 1.807) is 11.8 Å². The van der Waals surface area contributed by atoms with Crippen LogP contribution in [-0.2, 0) is 34.3 Å². The number of hydrogen-bond donors (Lipinski definition) is 0. The van der Waals surface area contributed by atoms with Crippen LogP contribution < -0.4 is 0 Å². The number of hydrogen-bond acceptors (Lipinski definition) is 4. The molecular weight excluding hydrogens is 270 g/mol. The van der Waals surface area contributed by atoms with Gasteiger partial charge in [-0.05, 0) is 26.2 Å². The lowest BCUT2D eigenvalue weighted by atomic mass is 10.0. The van der Waals surface area contributed by atoms with E-state index in [2.05, 4.69) is 5.10 Å². The normalized spacial score (nSPS) is 16.0. The van der Waals surface area contributed by atoms with Gasteiger partial charge in [-0.2, -0.15) is 5.10 Å². The van der Waals surface area contributed by atoms with E-state index in [-0.39, 0.29) is 5.91 Å². The molecule has 0 aliphatic carbocycles. The maximum Gasteiger partial charge on any atom is 0.318 e. The summed E-state index contributed by atoms with van der Waals surface area (Å²) in [4.78, 5) is 26.3. The molecule has 1 aromatic heterocycles. The number of fused-ring (bicyclic) bond motifs is 1. The van der Waals surface area contributed by atoms with Crippen LogP contribution in [0.3, 0.4) is 0 Å². The highest BCUT2D eigenvalue weighted by Gasteiger charge is 2.31. The number of rotatable bonds is 4. The van der Waals surface area contributed by atoms with Crippen LogP contribution >= 0.6 is 0 Å². The lowest BCUT2D eigenvalue weighted by Gasteiger charge is -2.24. The van der Waals surface area contributed by atoms with Crippen molar-refractivity contribution >= 4 is 11.9 Å². The van der Waals surface area contributed by atoms with E-state index in [4.69, 9.17) is 4.74 Å². The topological polar surface area (TPSA) is 64.4 Å². The van der Waals surface area contributed by atoms with Gasteiger partial charge in [0, 0.05) is 31.4 Å². The monoisotopic (exact) mass is 293 g/mol. The van der Waals surface area contributed by atoms with E-state index in [0.29, 0.717) is 26.1 Å². The first kappa shape index (κ1) is 15.5. The Morgan fingerprint density at radius 3 is 2.86 bits per heavy atom. The summed E-state index contributed by atoms with van der Waals surface area (Å²) in [5.74, 6) is -1.24. The molecule has 116 valence electrons. The standard InChI is InChI=1S/C15H23N3O3/c1-4-12(15(20)21-5-2)14(19)18-8-6-7-13-11(10-18)9-16-17(13)3/h9,12H,4-8,10H2,1-3H3. The highest BCUT2D eigenvalue weighted by Crippen LogP contribution is 2.20. The van der Waals surface area contributed by atoms with Gasteiger partial charge in [-0.15, -0.1) is 0 Å². The van der Waals surface area contributed by atoms with Crippen LogP contribution in [0.5, 0.6) is 0 Å². The van der Waals surface area contributed by atoms with Gasteiger partial charge in [0.1, 0.15) is 5.92 Å². The van der Waals surface area contributed by atoms with Crippen LogP contribution in [0.15, 0.2) is 6.20 Å². The third-order valence-electron chi connectivity index (χ3n) is 3.94. The van der Waals surface area contributed by atoms with Gasteiger partial charge in [-0.1, -0.05) is 6.92 Å². The molecule has 0 bridgehead atoms. The van der Waals surface area contributed by atoms with Gasteiger partial charge in [0.05, 0.1) is 12.8 Å². The highest BCUT2D eigenvalue weighted by atomic mass is 16.5. The van der Waals surface area contributed by atoms with Crippen molar-refractivity contribution in [3.63, 3.8) is 0 Å². The minimum absolute atomic E-state index is 0.132. The Kier molecular flexibility index (Phi) is 4.98. The van der Waals surface area contributed by atoms with Crippen molar-refractivity contribution in [3.8, 4) is 0 Å². The fraction of sp³-hybridized carbons (Fsp3) is 0.667. The van der Waals surface area contributed by atoms with Gasteiger partial charge in [0.2, 0.25) is 5.91 Å². The number of carbonyl (C=O) groups excluding carboxylic acids is 2. The first-order valence-corrected chi connectivity index (χ1v) is 7.53. The largest absolute Gasteiger partial charge is 0.465 e. The molecule has 6 nitrogen and oxygen atoms in total. The molecule has 0 radical (unpaired) electrons. The summed E-state index contributed by atoms with van der Waals surface area (Å²) in [6.07, 6.45) is 4.07. The number of esters is 1.